The van der Waals surface area contributed by atoms with E-state index in [1.165, 1.54) is 29.3 Å². The van der Waals surface area contributed by atoms with Crippen LogP contribution in [0.2, 0.25) is 0 Å². The third-order valence-corrected chi connectivity index (χ3v) is 4.23. The van der Waals surface area contributed by atoms with Crippen molar-refractivity contribution in [2.24, 2.45) is 5.73 Å². The standard InChI is InChI=1S/C17H19N5O4/c1-21-13-9-19-6-5-11(13)15(23)22(17(21)25)14-4-3-10(8-20-14)7-12(18)16(24)26-2/h3-6,8-9,12,15,23H,7,18H2,1-2H3/t12-,15?/m0/s1. The first-order valence-corrected chi connectivity index (χ1v) is 7.91. The fourth-order valence-electron chi connectivity index (χ4n) is 2.80. The highest BCUT2D eigenvalue weighted by Crippen LogP contribution is 2.35. The second-order valence-electron chi connectivity index (χ2n) is 5.88. The molecule has 9 heteroatoms. The van der Waals surface area contributed by atoms with Gasteiger partial charge in [0.1, 0.15) is 11.9 Å². The van der Waals surface area contributed by atoms with Crippen LogP contribution in [0.1, 0.15) is 17.4 Å². The molecule has 2 aromatic heterocycles. The number of pyridine rings is 2. The predicted molar refractivity (Wildman–Crippen MR) is 93.4 cm³/mol. The number of anilines is 2. The highest BCUT2D eigenvalue weighted by atomic mass is 16.5. The zero-order chi connectivity index (χ0) is 18.8. The number of aliphatic hydroxyl groups is 1. The number of aromatic nitrogens is 2. The number of rotatable bonds is 4. The molecule has 1 aliphatic heterocycles. The summed E-state index contributed by atoms with van der Waals surface area (Å²) in [5.74, 6) is -0.227. The van der Waals surface area contributed by atoms with Crippen molar-refractivity contribution < 1.29 is 19.4 Å². The lowest BCUT2D eigenvalue weighted by Crippen LogP contribution is -2.48. The third-order valence-electron chi connectivity index (χ3n) is 4.23. The second-order valence-corrected chi connectivity index (χ2v) is 5.88. The Kier molecular flexibility index (Phi) is 4.83. The van der Waals surface area contributed by atoms with Crippen molar-refractivity contribution in [2.45, 2.75) is 18.7 Å². The molecule has 1 unspecified atom stereocenters. The number of ether oxygens (including phenoxy) is 1. The minimum Gasteiger partial charge on any atom is -0.468 e. The van der Waals surface area contributed by atoms with Crippen LogP contribution in [0.3, 0.4) is 0 Å². The molecular weight excluding hydrogens is 338 g/mol. The van der Waals surface area contributed by atoms with Crippen molar-refractivity contribution in [1.29, 1.82) is 0 Å². The van der Waals surface area contributed by atoms with Gasteiger partial charge in [0.2, 0.25) is 0 Å². The minimum atomic E-state index is -1.17. The number of carbonyl (C=O) groups is 2. The highest BCUT2D eigenvalue weighted by Gasteiger charge is 2.36. The van der Waals surface area contributed by atoms with Gasteiger partial charge in [-0.05, 0) is 24.1 Å². The average Bonchev–Trinajstić information content (AvgIpc) is 2.67. The van der Waals surface area contributed by atoms with Crippen molar-refractivity contribution in [3.8, 4) is 0 Å². The van der Waals surface area contributed by atoms with Crippen molar-refractivity contribution in [1.82, 2.24) is 9.97 Å². The lowest BCUT2D eigenvalue weighted by molar-refractivity contribution is -0.142. The van der Waals surface area contributed by atoms with Crippen LogP contribution in [0.4, 0.5) is 16.3 Å². The van der Waals surface area contributed by atoms with Crippen molar-refractivity contribution in [3.05, 3.63) is 47.9 Å². The maximum Gasteiger partial charge on any atom is 0.332 e. The number of hydrogen-bond acceptors (Lipinski definition) is 7. The predicted octanol–water partition coefficient (Wildman–Crippen LogP) is 0.587. The first-order valence-electron chi connectivity index (χ1n) is 7.91. The van der Waals surface area contributed by atoms with Gasteiger partial charge in [0.05, 0.1) is 19.0 Å². The van der Waals surface area contributed by atoms with E-state index in [9.17, 15) is 14.7 Å². The third kappa shape index (κ3) is 3.09. The summed E-state index contributed by atoms with van der Waals surface area (Å²) in [5, 5.41) is 10.6. The molecule has 9 nitrogen and oxygen atoms in total. The van der Waals surface area contributed by atoms with E-state index in [1.807, 2.05) is 0 Å². The molecule has 0 radical (unpaired) electrons. The molecular formula is C17H19N5O4. The van der Waals surface area contributed by atoms with Crippen LogP contribution in [0, 0.1) is 0 Å². The van der Waals surface area contributed by atoms with Crippen molar-refractivity contribution in [2.75, 3.05) is 24.0 Å². The van der Waals surface area contributed by atoms with Gasteiger partial charge in [0.15, 0.2) is 6.23 Å². The number of methoxy groups -OCH3 is 1. The summed E-state index contributed by atoms with van der Waals surface area (Å²) in [7, 11) is 2.88. The van der Waals surface area contributed by atoms with E-state index in [0.717, 1.165) is 0 Å². The van der Waals surface area contributed by atoms with E-state index in [4.69, 9.17) is 5.73 Å². The molecule has 136 valence electrons. The van der Waals surface area contributed by atoms with E-state index in [1.54, 1.807) is 31.4 Å². The largest absolute Gasteiger partial charge is 0.468 e. The number of esters is 1. The molecule has 0 saturated carbocycles. The Hall–Kier alpha value is -3.04. The SMILES string of the molecule is COC(=O)[C@@H](N)Cc1ccc(N2C(=O)N(C)c3cnccc3C2O)nc1. The highest BCUT2D eigenvalue weighted by molar-refractivity contribution is 6.05. The molecule has 0 bridgehead atoms. The van der Waals surface area contributed by atoms with Crippen LogP contribution in [-0.2, 0) is 16.0 Å². The van der Waals surface area contributed by atoms with Crippen molar-refractivity contribution >= 4 is 23.5 Å². The summed E-state index contributed by atoms with van der Waals surface area (Å²) in [6.45, 7) is 0. The topological polar surface area (TPSA) is 122 Å². The van der Waals surface area contributed by atoms with Gasteiger partial charge in [-0.25, -0.2) is 14.7 Å². The Labute approximate surface area is 150 Å². The number of carbonyl (C=O) groups excluding carboxylic acids is 2. The van der Waals surface area contributed by atoms with Crippen LogP contribution < -0.4 is 15.5 Å². The molecule has 0 spiro atoms. The molecule has 26 heavy (non-hydrogen) atoms. The lowest BCUT2D eigenvalue weighted by atomic mass is 10.1. The molecule has 2 atom stereocenters. The zero-order valence-electron chi connectivity index (χ0n) is 14.4. The molecule has 1 aliphatic rings. The first-order chi connectivity index (χ1) is 12.4. The van der Waals surface area contributed by atoms with E-state index < -0.39 is 24.3 Å². The molecule has 0 aliphatic carbocycles. The fourth-order valence-corrected chi connectivity index (χ4v) is 2.80. The van der Waals surface area contributed by atoms with E-state index in [0.29, 0.717) is 16.8 Å². The molecule has 3 rings (SSSR count). The van der Waals surface area contributed by atoms with Crippen molar-refractivity contribution in [3.63, 3.8) is 0 Å². The number of fused-ring (bicyclic) bond motifs is 1. The van der Waals surface area contributed by atoms with Crippen LogP contribution in [0.25, 0.3) is 0 Å². The summed E-state index contributed by atoms with van der Waals surface area (Å²) < 4.78 is 4.60. The fraction of sp³-hybridized carbons (Fsp3) is 0.294. The number of nitrogens with zero attached hydrogens (tertiary/aromatic N) is 4. The van der Waals surface area contributed by atoms with Crippen LogP contribution in [-0.4, -0.2) is 47.3 Å². The Morgan fingerprint density at radius 2 is 2.15 bits per heavy atom. The molecule has 2 aromatic rings. The average molecular weight is 357 g/mol. The minimum absolute atomic E-state index is 0.255. The Morgan fingerprint density at radius 1 is 1.38 bits per heavy atom. The second kappa shape index (κ2) is 7.06. The van der Waals surface area contributed by atoms with Gasteiger partial charge >= 0.3 is 12.0 Å². The number of urea groups is 1. The summed E-state index contributed by atoms with van der Waals surface area (Å²) in [6.07, 6.45) is 3.67. The maximum atomic E-state index is 12.6. The Balaban J connectivity index is 1.85. The monoisotopic (exact) mass is 357 g/mol. The van der Waals surface area contributed by atoms with Crippen LogP contribution in [0.15, 0.2) is 36.8 Å². The normalized spacial score (nSPS) is 17.7. The van der Waals surface area contributed by atoms with E-state index in [-0.39, 0.29) is 12.2 Å². The maximum absolute atomic E-state index is 12.6. The van der Waals surface area contributed by atoms with Crippen LogP contribution in [0.5, 0.6) is 0 Å². The lowest BCUT2D eigenvalue weighted by Gasteiger charge is -2.37. The van der Waals surface area contributed by atoms with Gasteiger partial charge in [0.25, 0.3) is 0 Å². The number of amides is 2. The van der Waals surface area contributed by atoms with Gasteiger partial charge in [0, 0.05) is 25.0 Å². The number of aliphatic hydroxyl groups excluding tert-OH is 1. The smallest absolute Gasteiger partial charge is 0.332 e. The van der Waals surface area contributed by atoms with E-state index in [2.05, 4.69) is 14.7 Å². The van der Waals surface area contributed by atoms with Gasteiger partial charge in [-0.15, -0.1) is 0 Å². The Morgan fingerprint density at radius 3 is 2.81 bits per heavy atom. The molecule has 0 saturated heterocycles. The van der Waals surface area contributed by atoms with E-state index >= 15 is 0 Å². The molecule has 2 amide bonds. The van der Waals surface area contributed by atoms with Gasteiger partial charge in [-0.3, -0.25) is 14.7 Å². The summed E-state index contributed by atoms with van der Waals surface area (Å²) >= 11 is 0. The number of nitrogens with two attached hydrogens (primary N) is 1. The summed E-state index contributed by atoms with van der Waals surface area (Å²) in [5.41, 5.74) is 7.55. The zero-order valence-corrected chi connectivity index (χ0v) is 14.4. The van der Waals surface area contributed by atoms with Crippen LogP contribution >= 0.6 is 0 Å². The molecule has 0 fully saturated rings. The molecule has 3 heterocycles. The van der Waals surface area contributed by atoms with Gasteiger partial charge in [-0.2, -0.15) is 0 Å². The van der Waals surface area contributed by atoms with Gasteiger partial charge < -0.3 is 15.6 Å². The summed E-state index contributed by atoms with van der Waals surface area (Å²) in [6, 6.07) is 3.73. The quantitative estimate of drug-likeness (QED) is 0.768. The summed E-state index contributed by atoms with van der Waals surface area (Å²) in [4.78, 5) is 34.9. The first kappa shape index (κ1) is 17.8. The number of hydrogen-bond donors (Lipinski definition) is 2. The molecule has 0 aromatic carbocycles. The van der Waals surface area contributed by atoms with Gasteiger partial charge in [-0.1, -0.05) is 6.07 Å². The molecule has 3 N–H and O–H groups in total. The Bertz CT molecular complexity index is 826.